The topological polar surface area (TPSA) is 41.6 Å². The summed E-state index contributed by atoms with van der Waals surface area (Å²) < 4.78 is 0. The second kappa shape index (κ2) is 8.51. The van der Waals surface area contributed by atoms with Crippen LogP contribution in [-0.2, 0) is 0 Å². The van der Waals surface area contributed by atoms with E-state index in [1.54, 1.807) is 0 Å². The summed E-state index contributed by atoms with van der Waals surface area (Å²) >= 11 is 2.07. The van der Waals surface area contributed by atoms with E-state index in [0.29, 0.717) is 0 Å². The van der Waals surface area contributed by atoms with E-state index in [4.69, 9.17) is 5.73 Å². The lowest BCUT2D eigenvalue weighted by Gasteiger charge is -2.31. The van der Waals surface area contributed by atoms with E-state index in [2.05, 4.69) is 28.6 Å². The molecule has 0 aromatic carbocycles. The van der Waals surface area contributed by atoms with Crippen LogP contribution in [0, 0.1) is 11.8 Å². The molecule has 5 heteroatoms. The third-order valence-corrected chi connectivity index (χ3v) is 5.16. The van der Waals surface area contributed by atoms with Crippen molar-refractivity contribution in [2.75, 3.05) is 31.1 Å². The van der Waals surface area contributed by atoms with Crippen molar-refractivity contribution >= 4 is 41.7 Å². The number of aliphatic imine (C=N–C) groups is 1. The molecule has 0 aromatic heterocycles. The fraction of sp³-hybridized carbons (Fsp3) is 0.923. The maximum absolute atomic E-state index is 6.08. The second-order valence-electron chi connectivity index (χ2n) is 5.45. The number of nitrogens with two attached hydrogens (primary N) is 1. The van der Waals surface area contributed by atoms with Crippen molar-refractivity contribution in [3.8, 4) is 0 Å². The Morgan fingerprint density at radius 3 is 2.67 bits per heavy atom. The number of guanidine groups is 1. The number of likely N-dealkylation sites (tertiary alicyclic amines) is 1. The molecule has 2 rings (SSSR count). The summed E-state index contributed by atoms with van der Waals surface area (Å²) in [7, 11) is 0. The van der Waals surface area contributed by atoms with Crippen molar-refractivity contribution in [1.82, 2.24) is 4.90 Å². The monoisotopic (exact) mass is 383 g/mol. The van der Waals surface area contributed by atoms with Crippen molar-refractivity contribution in [3.63, 3.8) is 0 Å². The van der Waals surface area contributed by atoms with Crippen LogP contribution < -0.4 is 5.73 Å². The van der Waals surface area contributed by atoms with Crippen molar-refractivity contribution in [1.29, 1.82) is 0 Å². The number of halogens is 1. The first-order valence-electron chi connectivity index (χ1n) is 6.88. The van der Waals surface area contributed by atoms with Gasteiger partial charge in [0.2, 0.25) is 0 Å². The van der Waals surface area contributed by atoms with Crippen molar-refractivity contribution in [2.45, 2.75) is 32.6 Å². The third-order valence-electron chi connectivity index (χ3n) is 3.87. The molecule has 0 bridgehead atoms. The Bertz CT molecular complexity index is 259. The maximum atomic E-state index is 6.08. The van der Waals surface area contributed by atoms with Gasteiger partial charge in [0.05, 0.1) is 0 Å². The number of rotatable bonds is 2. The Morgan fingerprint density at radius 1 is 1.33 bits per heavy atom. The molecule has 2 N–H and O–H groups in total. The Kier molecular flexibility index (Phi) is 7.75. The van der Waals surface area contributed by atoms with Crippen LogP contribution in [-0.4, -0.2) is 42.0 Å². The van der Waals surface area contributed by atoms with Crippen LogP contribution in [0.1, 0.15) is 32.6 Å². The van der Waals surface area contributed by atoms with E-state index in [1.165, 1.54) is 37.2 Å². The van der Waals surface area contributed by atoms with Gasteiger partial charge in [0.25, 0.3) is 0 Å². The minimum Gasteiger partial charge on any atom is -0.370 e. The molecule has 2 saturated heterocycles. The summed E-state index contributed by atoms with van der Waals surface area (Å²) in [6.45, 7) is 5.45. The average Bonchev–Trinajstić information content (AvgIpc) is 2.38. The molecular weight excluding hydrogens is 357 g/mol. The van der Waals surface area contributed by atoms with Gasteiger partial charge in [-0.25, -0.2) is 0 Å². The average molecular weight is 383 g/mol. The third kappa shape index (κ3) is 5.15. The van der Waals surface area contributed by atoms with Crippen LogP contribution >= 0.6 is 35.7 Å². The predicted octanol–water partition coefficient (Wildman–Crippen LogP) is 2.79. The summed E-state index contributed by atoms with van der Waals surface area (Å²) in [5.74, 6) is 5.00. The molecule has 2 aliphatic rings. The fourth-order valence-electron chi connectivity index (χ4n) is 2.51. The molecule has 106 valence electrons. The molecule has 1 unspecified atom stereocenters. The molecule has 0 radical (unpaired) electrons. The Labute approximate surface area is 132 Å². The van der Waals surface area contributed by atoms with Crippen LogP contribution in [0.4, 0.5) is 0 Å². The van der Waals surface area contributed by atoms with E-state index in [9.17, 15) is 0 Å². The number of thioether (sulfide) groups is 1. The van der Waals surface area contributed by atoms with Gasteiger partial charge in [0.15, 0.2) is 5.96 Å². The van der Waals surface area contributed by atoms with Gasteiger partial charge < -0.3 is 10.6 Å². The minimum absolute atomic E-state index is 0. The molecule has 2 aliphatic heterocycles. The highest BCUT2D eigenvalue weighted by Gasteiger charge is 2.18. The van der Waals surface area contributed by atoms with E-state index in [1.807, 2.05) is 0 Å². The normalized spacial score (nSPS) is 26.8. The van der Waals surface area contributed by atoms with Gasteiger partial charge in [-0.15, -0.1) is 24.0 Å². The van der Waals surface area contributed by atoms with Crippen molar-refractivity contribution in [3.05, 3.63) is 0 Å². The summed E-state index contributed by atoms with van der Waals surface area (Å²) in [5, 5.41) is 0. The molecule has 0 spiro atoms. The van der Waals surface area contributed by atoms with Gasteiger partial charge in [0, 0.05) is 19.6 Å². The lowest BCUT2D eigenvalue weighted by atomic mass is 10.00. The Morgan fingerprint density at radius 2 is 2.06 bits per heavy atom. The number of hydrogen-bond acceptors (Lipinski definition) is 2. The zero-order valence-corrected chi connectivity index (χ0v) is 14.5. The van der Waals surface area contributed by atoms with Gasteiger partial charge >= 0.3 is 0 Å². The van der Waals surface area contributed by atoms with Crippen molar-refractivity contribution in [2.24, 2.45) is 22.6 Å². The number of nitrogens with zero attached hydrogens (tertiary/aromatic N) is 2. The molecule has 18 heavy (non-hydrogen) atoms. The van der Waals surface area contributed by atoms with Gasteiger partial charge in [-0.3, -0.25) is 4.99 Å². The fourth-order valence-corrected chi connectivity index (χ4v) is 3.65. The van der Waals surface area contributed by atoms with E-state index in [0.717, 1.165) is 37.4 Å². The van der Waals surface area contributed by atoms with Crippen LogP contribution in [0.3, 0.4) is 0 Å². The first kappa shape index (κ1) is 16.4. The maximum Gasteiger partial charge on any atom is 0.191 e. The smallest absolute Gasteiger partial charge is 0.191 e. The highest BCUT2D eigenvalue weighted by atomic mass is 127. The van der Waals surface area contributed by atoms with Crippen molar-refractivity contribution < 1.29 is 0 Å². The first-order valence-corrected chi connectivity index (χ1v) is 8.04. The van der Waals surface area contributed by atoms with E-state index in [-0.39, 0.29) is 24.0 Å². The second-order valence-corrected chi connectivity index (χ2v) is 6.60. The molecule has 2 heterocycles. The van der Waals surface area contributed by atoms with E-state index >= 15 is 0 Å². The first-order chi connectivity index (χ1) is 8.25. The van der Waals surface area contributed by atoms with E-state index < -0.39 is 0 Å². The predicted molar refractivity (Wildman–Crippen MR) is 91.9 cm³/mol. The molecule has 0 saturated carbocycles. The minimum atomic E-state index is 0. The van der Waals surface area contributed by atoms with Crippen LogP contribution in [0.5, 0.6) is 0 Å². The molecule has 0 aliphatic carbocycles. The Balaban J connectivity index is 0.00000162. The van der Waals surface area contributed by atoms with Crippen LogP contribution in [0.25, 0.3) is 0 Å². The molecule has 1 atom stereocenters. The molecule has 0 aromatic rings. The zero-order chi connectivity index (χ0) is 12.1. The summed E-state index contributed by atoms with van der Waals surface area (Å²) in [4.78, 5) is 6.86. The highest BCUT2D eigenvalue weighted by molar-refractivity contribution is 14.0. The quantitative estimate of drug-likeness (QED) is 0.453. The molecule has 3 nitrogen and oxygen atoms in total. The molecular formula is C13H26IN3S. The number of piperidine rings is 1. The van der Waals surface area contributed by atoms with Gasteiger partial charge in [-0.05, 0) is 49.0 Å². The lowest BCUT2D eigenvalue weighted by Crippen LogP contribution is -2.42. The summed E-state index contributed by atoms with van der Waals surface area (Å²) in [5.41, 5.74) is 6.08. The van der Waals surface area contributed by atoms with Crippen LogP contribution in [0.2, 0.25) is 0 Å². The molecule has 0 amide bonds. The SMILES string of the molecule is CC1CCN(C(N)=NCC2CCCSC2)CC1.I. The van der Waals surface area contributed by atoms with Gasteiger partial charge in [-0.2, -0.15) is 11.8 Å². The standard InChI is InChI=1S/C13H25N3S.HI/c1-11-4-6-16(7-5-11)13(14)15-9-12-3-2-8-17-10-12;/h11-12H,2-10H2,1H3,(H2,14,15);1H. The van der Waals surface area contributed by atoms with Crippen LogP contribution in [0.15, 0.2) is 4.99 Å². The zero-order valence-electron chi connectivity index (χ0n) is 11.3. The Hall–Kier alpha value is 0.350. The van der Waals surface area contributed by atoms with Gasteiger partial charge in [-0.1, -0.05) is 6.92 Å². The largest absolute Gasteiger partial charge is 0.370 e. The lowest BCUT2D eigenvalue weighted by molar-refractivity contribution is 0.277. The van der Waals surface area contributed by atoms with Gasteiger partial charge in [0.1, 0.15) is 0 Å². The summed E-state index contributed by atoms with van der Waals surface area (Å²) in [6, 6.07) is 0. The summed E-state index contributed by atoms with van der Waals surface area (Å²) in [6.07, 6.45) is 5.21. The number of hydrogen-bond donors (Lipinski definition) is 1. The highest BCUT2D eigenvalue weighted by Crippen LogP contribution is 2.22. The molecule has 2 fully saturated rings.